The van der Waals surface area contributed by atoms with Crippen molar-refractivity contribution in [3.8, 4) is 11.8 Å². The van der Waals surface area contributed by atoms with Crippen LogP contribution in [0, 0.1) is 25.2 Å². The van der Waals surface area contributed by atoms with Gasteiger partial charge in [0.1, 0.15) is 18.9 Å². The standard InChI is InChI=1S/C18H14F3N5O/c1-11-7-15(16(27)9-25-10-23-17(8-22)24-25)12(2)26(11)14-5-3-13(4-6-14)18(19,20)21/h3-7,10H,9H2,1-2H3. The molecule has 0 spiro atoms. The highest BCUT2D eigenvalue weighted by Gasteiger charge is 2.30. The highest BCUT2D eigenvalue weighted by atomic mass is 19.4. The van der Waals surface area contributed by atoms with E-state index in [1.54, 1.807) is 30.6 Å². The first kappa shape index (κ1) is 18.4. The Bertz CT molecular complexity index is 1040. The van der Waals surface area contributed by atoms with Crippen molar-refractivity contribution in [3.63, 3.8) is 0 Å². The topological polar surface area (TPSA) is 76.5 Å². The van der Waals surface area contributed by atoms with Gasteiger partial charge in [0.05, 0.1) is 5.56 Å². The monoisotopic (exact) mass is 373 g/mol. The van der Waals surface area contributed by atoms with E-state index in [4.69, 9.17) is 5.26 Å². The number of aromatic nitrogens is 4. The number of nitrogens with zero attached hydrogens (tertiary/aromatic N) is 5. The number of ketones is 1. The molecule has 0 bridgehead atoms. The molecular weight excluding hydrogens is 359 g/mol. The van der Waals surface area contributed by atoms with Crippen LogP contribution in [0.2, 0.25) is 0 Å². The fourth-order valence-electron chi connectivity index (χ4n) is 2.90. The predicted octanol–water partition coefficient (Wildman–Crippen LogP) is 3.46. The number of hydrogen-bond acceptors (Lipinski definition) is 4. The number of rotatable bonds is 4. The molecule has 0 saturated carbocycles. The molecule has 0 amide bonds. The van der Waals surface area contributed by atoms with Crippen molar-refractivity contribution in [2.45, 2.75) is 26.6 Å². The molecule has 0 fully saturated rings. The molecule has 0 N–H and O–H groups in total. The van der Waals surface area contributed by atoms with Crippen molar-refractivity contribution >= 4 is 5.78 Å². The van der Waals surface area contributed by atoms with Crippen molar-refractivity contribution in [2.75, 3.05) is 0 Å². The summed E-state index contributed by atoms with van der Waals surface area (Å²) in [6.07, 6.45) is -3.11. The molecule has 6 nitrogen and oxygen atoms in total. The SMILES string of the molecule is Cc1cc(C(=O)Cn2cnc(C#N)n2)c(C)n1-c1ccc(C(F)(F)F)cc1. The predicted molar refractivity (Wildman–Crippen MR) is 89.3 cm³/mol. The maximum atomic E-state index is 12.7. The van der Waals surface area contributed by atoms with Gasteiger partial charge in [-0.15, -0.1) is 5.10 Å². The smallest absolute Gasteiger partial charge is 0.318 e. The molecule has 0 aliphatic rings. The van der Waals surface area contributed by atoms with Crippen molar-refractivity contribution in [3.05, 3.63) is 65.0 Å². The highest BCUT2D eigenvalue weighted by Crippen LogP contribution is 2.30. The number of Topliss-reactive ketones (excluding diaryl/α,β-unsaturated/α-hetero) is 1. The maximum absolute atomic E-state index is 12.7. The van der Waals surface area contributed by atoms with E-state index in [1.165, 1.54) is 23.1 Å². The Kier molecular flexibility index (Phi) is 4.57. The van der Waals surface area contributed by atoms with Crippen LogP contribution in [-0.2, 0) is 12.7 Å². The summed E-state index contributed by atoms with van der Waals surface area (Å²) in [7, 11) is 0. The van der Waals surface area contributed by atoms with Gasteiger partial charge >= 0.3 is 6.18 Å². The molecule has 0 aliphatic heterocycles. The summed E-state index contributed by atoms with van der Waals surface area (Å²) < 4.78 is 41.2. The normalized spacial score (nSPS) is 11.4. The zero-order valence-electron chi connectivity index (χ0n) is 14.4. The van der Waals surface area contributed by atoms with Crippen LogP contribution in [-0.4, -0.2) is 25.1 Å². The Labute approximate surface area is 152 Å². The maximum Gasteiger partial charge on any atom is 0.416 e. The summed E-state index contributed by atoms with van der Waals surface area (Å²) in [5.41, 5.74) is 1.56. The lowest BCUT2D eigenvalue weighted by molar-refractivity contribution is -0.137. The largest absolute Gasteiger partial charge is 0.416 e. The van der Waals surface area contributed by atoms with Crippen LogP contribution in [0.4, 0.5) is 13.2 Å². The Hall–Kier alpha value is -3.41. The fourth-order valence-corrected chi connectivity index (χ4v) is 2.90. The Balaban J connectivity index is 1.90. The zero-order chi connectivity index (χ0) is 19.8. The molecule has 2 heterocycles. The van der Waals surface area contributed by atoms with Crippen LogP contribution < -0.4 is 0 Å². The van der Waals surface area contributed by atoms with Gasteiger partial charge in [0, 0.05) is 22.6 Å². The molecule has 27 heavy (non-hydrogen) atoms. The lowest BCUT2D eigenvalue weighted by Crippen LogP contribution is -2.12. The summed E-state index contributed by atoms with van der Waals surface area (Å²) in [5, 5.41) is 12.6. The summed E-state index contributed by atoms with van der Waals surface area (Å²) >= 11 is 0. The molecule has 0 unspecified atom stereocenters. The third-order valence-corrected chi connectivity index (χ3v) is 4.13. The van der Waals surface area contributed by atoms with Gasteiger partial charge in [-0.1, -0.05) is 0 Å². The van der Waals surface area contributed by atoms with Gasteiger partial charge in [-0.05, 0) is 44.2 Å². The van der Waals surface area contributed by atoms with Crippen LogP contribution >= 0.6 is 0 Å². The minimum atomic E-state index is -4.40. The molecule has 138 valence electrons. The number of benzene rings is 1. The van der Waals surface area contributed by atoms with Gasteiger partial charge in [0.2, 0.25) is 0 Å². The number of carbonyl (C=O) groups excluding carboxylic acids is 1. The van der Waals surface area contributed by atoms with Crippen LogP contribution in [0.1, 0.15) is 33.1 Å². The average molecular weight is 373 g/mol. The van der Waals surface area contributed by atoms with E-state index in [0.717, 1.165) is 12.1 Å². The van der Waals surface area contributed by atoms with Gasteiger partial charge in [0.15, 0.2) is 5.78 Å². The number of hydrogen-bond donors (Lipinski definition) is 0. The molecule has 2 aromatic heterocycles. The molecule has 0 atom stereocenters. The first-order valence-corrected chi connectivity index (χ1v) is 7.90. The molecule has 3 rings (SSSR count). The minimum absolute atomic E-state index is 0.0296. The van der Waals surface area contributed by atoms with Crippen molar-refractivity contribution < 1.29 is 18.0 Å². The second-order valence-electron chi connectivity index (χ2n) is 5.97. The van der Waals surface area contributed by atoms with Gasteiger partial charge in [-0.25, -0.2) is 9.67 Å². The number of carbonyl (C=O) groups is 1. The quantitative estimate of drug-likeness (QED) is 0.657. The molecular formula is C18H14F3N5O. The van der Waals surface area contributed by atoms with E-state index in [0.29, 0.717) is 22.6 Å². The van der Waals surface area contributed by atoms with Crippen LogP contribution in [0.3, 0.4) is 0 Å². The lowest BCUT2D eigenvalue weighted by Gasteiger charge is -2.12. The van der Waals surface area contributed by atoms with Gasteiger partial charge in [0.25, 0.3) is 5.82 Å². The van der Waals surface area contributed by atoms with Crippen molar-refractivity contribution in [1.29, 1.82) is 5.26 Å². The third-order valence-electron chi connectivity index (χ3n) is 4.13. The first-order valence-electron chi connectivity index (χ1n) is 7.90. The Morgan fingerprint density at radius 1 is 1.22 bits per heavy atom. The second kappa shape index (κ2) is 6.72. The van der Waals surface area contributed by atoms with Gasteiger partial charge in [-0.3, -0.25) is 4.79 Å². The zero-order valence-corrected chi connectivity index (χ0v) is 14.4. The number of halogens is 3. The molecule has 0 radical (unpaired) electrons. The molecule has 1 aromatic carbocycles. The molecule has 9 heteroatoms. The summed E-state index contributed by atoms with van der Waals surface area (Å²) in [4.78, 5) is 16.3. The highest BCUT2D eigenvalue weighted by molar-refractivity contribution is 5.97. The molecule has 0 aliphatic carbocycles. The van der Waals surface area contributed by atoms with E-state index >= 15 is 0 Å². The van der Waals surface area contributed by atoms with E-state index in [-0.39, 0.29) is 18.2 Å². The van der Waals surface area contributed by atoms with Crippen molar-refractivity contribution in [2.24, 2.45) is 0 Å². The second-order valence-corrected chi connectivity index (χ2v) is 5.97. The van der Waals surface area contributed by atoms with Gasteiger partial charge < -0.3 is 4.57 Å². The number of nitriles is 1. The molecule has 0 saturated heterocycles. The number of alkyl halides is 3. The van der Waals surface area contributed by atoms with Crippen molar-refractivity contribution in [1.82, 2.24) is 19.3 Å². The van der Waals surface area contributed by atoms with Gasteiger partial charge in [-0.2, -0.15) is 18.4 Å². The fraction of sp³-hybridized carbons (Fsp3) is 0.222. The van der Waals surface area contributed by atoms with E-state index in [2.05, 4.69) is 10.1 Å². The minimum Gasteiger partial charge on any atom is -0.318 e. The average Bonchev–Trinajstić information content (AvgIpc) is 3.18. The number of aryl methyl sites for hydroxylation is 1. The Morgan fingerprint density at radius 3 is 2.44 bits per heavy atom. The third kappa shape index (κ3) is 3.60. The molecule has 3 aromatic rings. The lowest BCUT2D eigenvalue weighted by atomic mass is 10.1. The van der Waals surface area contributed by atoms with Crippen LogP contribution in [0.5, 0.6) is 0 Å². The van der Waals surface area contributed by atoms with E-state index in [9.17, 15) is 18.0 Å². The Morgan fingerprint density at radius 2 is 1.89 bits per heavy atom. The first-order chi connectivity index (χ1) is 12.7. The summed E-state index contributed by atoms with van der Waals surface area (Å²) in [6, 6.07) is 8.22. The van der Waals surface area contributed by atoms with Crippen LogP contribution in [0.25, 0.3) is 5.69 Å². The van der Waals surface area contributed by atoms with E-state index in [1.807, 2.05) is 0 Å². The summed E-state index contributed by atoms with van der Waals surface area (Å²) in [5.74, 6) is -0.270. The van der Waals surface area contributed by atoms with E-state index < -0.39 is 11.7 Å². The van der Waals surface area contributed by atoms with Crippen LogP contribution in [0.15, 0.2) is 36.7 Å². The summed E-state index contributed by atoms with van der Waals surface area (Å²) in [6.45, 7) is 3.40.